The maximum atomic E-state index is 12.0. The molecule has 1 aliphatic rings. The fraction of sp³-hybridized carbons (Fsp3) is 0.769. The van der Waals surface area contributed by atoms with E-state index in [-0.39, 0.29) is 11.7 Å². The number of Topliss-reactive ketones (excluding diaryl/α,β-unsaturated/α-hetero) is 1. The number of carbonyl (C=O) groups excluding carboxylic acids is 1. The highest BCUT2D eigenvalue weighted by Crippen LogP contribution is 2.29. The normalized spacial score (nSPS) is 22.0. The summed E-state index contributed by atoms with van der Waals surface area (Å²) in [7, 11) is 0. The van der Waals surface area contributed by atoms with Crippen LogP contribution in [0.15, 0.2) is 12.7 Å². The summed E-state index contributed by atoms with van der Waals surface area (Å²) in [5.74, 6) is 0.141. The van der Waals surface area contributed by atoms with Gasteiger partial charge in [0.25, 0.3) is 0 Å². The second kappa shape index (κ2) is 5.45. The highest BCUT2D eigenvalue weighted by molar-refractivity contribution is 5.88. The third kappa shape index (κ3) is 3.45. The standard InChI is InChI=1S/C13H22O2/c1-3-4-10-13(2,15)12(14)11-8-6-5-7-9-11/h3,11,15H,1,4-10H2,2H3. The zero-order valence-electron chi connectivity index (χ0n) is 9.67. The predicted molar refractivity (Wildman–Crippen MR) is 61.6 cm³/mol. The summed E-state index contributed by atoms with van der Waals surface area (Å²) in [6.07, 6.45) is 8.38. The molecule has 2 heteroatoms. The van der Waals surface area contributed by atoms with Crippen LogP contribution in [0.4, 0.5) is 0 Å². The van der Waals surface area contributed by atoms with E-state index < -0.39 is 5.60 Å². The van der Waals surface area contributed by atoms with Crippen LogP contribution < -0.4 is 0 Å². The molecule has 0 bridgehead atoms. The van der Waals surface area contributed by atoms with Gasteiger partial charge in [0.2, 0.25) is 0 Å². The SMILES string of the molecule is C=CCCC(C)(O)C(=O)C1CCCCC1. The molecule has 0 aromatic heterocycles. The molecule has 0 aromatic carbocycles. The van der Waals surface area contributed by atoms with Gasteiger partial charge in [0.1, 0.15) is 5.60 Å². The first kappa shape index (κ1) is 12.4. The Bertz CT molecular complexity index is 225. The number of carbonyl (C=O) groups is 1. The molecule has 1 unspecified atom stereocenters. The zero-order valence-corrected chi connectivity index (χ0v) is 9.67. The fourth-order valence-electron chi connectivity index (χ4n) is 2.31. The average Bonchev–Trinajstić information content (AvgIpc) is 2.26. The van der Waals surface area contributed by atoms with E-state index >= 15 is 0 Å². The van der Waals surface area contributed by atoms with Crippen molar-refractivity contribution in [3.8, 4) is 0 Å². The van der Waals surface area contributed by atoms with Gasteiger partial charge in [0.15, 0.2) is 5.78 Å². The van der Waals surface area contributed by atoms with Gasteiger partial charge in [-0.3, -0.25) is 4.79 Å². The van der Waals surface area contributed by atoms with Crippen molar-refractivity contribution in [1.82, 2.24) is 0 Å². The minimum Gasteiger partial charge on any atom is -0.382 e. The van der Waals surface area contributed by atoms with Crippen LogP contribution in [0.1, 0.15) is 51.9 Å². The molecule has 2 nitrogen and oxygen atoms in total. The van der Waals surface area contributed by atoms with E-state index in [2.05, 4.69) is 6.58 Å². The van der Waals surface area contributed by atoms with E-state index in [1.54, 1.807) is 13.0 Å². The topological polar surface area (TPSA) is 37.3 Å². The lowest BCUT2D eigenvalue weighted by atomic mass is 9.79. The quantitative estimate of drug-likeness (QED) is 0.708. The summed E-state index contributed by atoms with van der Waals surface area (Å²) < 4.78 is 0. The van der Waals surface area contributed by atoms with Crippen molar-refractivity contribution in [3.63, 3.8) is 0 Å². The van der Waals surface area contributed by atoms with Crippen molar-refractivity contribution in [2.24, 2.45) is 5.92 Å². The van der Waals surface area contributed by atoms with E-state index in [0.717, 1.165) is 25.7 Å². The van der Waals surface area contributed by atoms with Gasteiger partial charge in [0.05, 0.1) is 0 Å². The van der Waals surface area contributed by atoms with E-state index in [1.165, 1.54) is 6.42 Å². The monoisotopic (exact) mass is 210 g/mol. The number of allylic oxidation sites excluding steroid dienone is 1. The van der Waals surface area contributed by atoms with Crippen LogP contribution in [-0.4, -0.2) is 16.5 Å². The molecule has 0 aliphatic heterocycles. The molecule has 1 N–H and O–H groups in total. The number of hydrogen-bond donors (Lipinski definition) is 1. The molecule has 0 heterocycles. The largest absolute Gasteiger partial charge is 0.382 e. The molecule has 1 rings (SSSR count). The van der Waals surface area contributed by atoms with Crippen molar-refractivity contribution in [2.45, 2.75) is 57.5 Å². The van der Waals surface area contributed by atoms with Crippen LogP contribution in [0.25, 0.3) is 0 Å². The maximum absolute atomic E-state index is 12.0. The summed E-state index contributed by atoms with van der Waals surface area (Å²) in [5, 5.41) is 10.1. The van der Waals surface area contributed by atoms with E-state index in [0.29, 0.717) is 12.8 Å². The number of aliphatic hydroxyl groups is 1. The lowest BCUT2D eigenvalue weighted by Crippen LogP contribution is -2.40. The predicted octanol–water partition coefficient (Wildman–Crippen LogP) is 2.85. The van der Waals surface area contributed by atoms with Crippen molar-refractivity contribution >= 4 is 5.78 Å². The molecule has 15 heavy (non-hydrogen) atoms. The van der Waals surface area contributed by atoms with Crippen LogP contribution in [0.5, 0.6) is 0 Å². The maximum Gasteiger partial charge on any atom is 0.167 e. The Morgan fingerprint density at radius 3 is 2.60 bits per heavy atom. The van der Waals surface area contributed by atoms with E-state index in [1.807, 2.05) is 0 Å². The summed E-state index contributed by atoms with van der Waals surface area (Å²) in [4.78, 5) is 12.0. The van der Waals surface area contributed by atoms with Gasteiger partial charge in [-0.25, -0.2) is 0 Å². The van der Waals surface area contributed by atoms with Gasteiger partial charge < -0.3 is 5.11 Å². The Hall–Kier alpha value is -0.630. The molecular formula is C13H22O2. The van der Waals surface area contributed by atoms with Crippen molar-refractivity contribution in [3.05, 3.63) is 12.7 Å². The Balaban J connectivity index is 2.52. The second-order valence-electron chi connectivity index (χ2n) is 4.80. The lowest BCUT2D eigenvalue weighted by molar-refractivity contribution is -0.141. The zero-order chi connectivity index (χ0) is 11.3. The Morgan fingerprint density at radius 1 is 1.47 bits per heavy atom. The van der Waals surface area contributed by atoms with Gasteiger partial charge in [-0.1, -0.05) is 25.3 Å². The molecule has 1 aliphatic carbocycles. The van der Waals surface area contributed by atoms with Crippen LogP contribution >= 0.6 is 0 Å². The number of hydrogen-bond acceptors (Lipinski definition) is 2. The molecular weight excluding hydrogens is 188 g/mol. The molecule has 86 valence electrons. The van der Waals surface area contributed by atoms with E-state index in [4.69, 9.17) is 0 Å². The molecule has 1 atom stereocenters. The summed E-state index contributed by atoms with van der Waals surface area (Å²) in [6.45, 7) is 5.26. The fourth-order valence-corrected chi connectivity index (χ4v) is 2.31. The van der Waals surface area contributed by atoms with Crippen molar-refractivity contribution < 1.29 is 9.90 Å². The van der Waals surface area contributed by atoms with Gasteiger partial charge >= 0.3 is 0 Å². The Labute approximate surface area is 92.4 Å². The van der Waals surface area contributed by atoms with Crippen LogP contribution in [0.2, 0.25) is 0 Å². The third-order valence-corrected chi connectivity index (χ3v) is 3.34. The minimum absolute atomic E-state index is 0.0454. The van der Waals surface area contributed by atoms with Crippen LogP contribution in [-0.2, 0) is 4.79 Å². The third-order valence-electron chi connectivity index (χ3n) is 3.34. The Kier molecular flexibility index (Phi) is 4.52. The first-order valence-electron chi connectivity index (χ1n) is 5.95. The highest BCUT2D eigenvalue weighted by atomic mass is 16.3. The van der Waals surface area contributed by atoms with Gasteiger partial charge in [-0.2, -0.15) is 0 Å². The average molecular weight is 210 g/mol. The highest BCUT2D eigenvalue weighted by Gasteiger charge is 2.35. The molecule has 1 fully saturated rings. The first-order chi connectivity index (χ1) is 7.08. The van der Waals surface area contributed by atoms with Gasteiger partial charge in [-0.05, 0) is 32.6 Å². The molecule has 0 amide bonds. The number of ketones is 1. The summed E-state index contributed by atoms with van der Waals surface area (Å²) >= 11 is 0. The molecule has 1 saturated carbocycles. The summed E-state index contributed by atoms with van der Waals surface area (Å²) in [6, 6.07) is 0. The number of rotatable bonds is 5. The Morgan fingerprint density at radius 2 is 2.07 bits per heavy atom. The molecule has 0 spiro atoms. The minimum atomic E-state index is -1.14. The molecule has 0 saturated heterocycles. The van der Waals surface area contributed by atoms with Crippen molar-refractivity contribution in [2.75, 3.05) is 0 Å². The summed E-state index contributed by atoms with van der Waals surface area (Å²) in [5.41, 5.74) is -1.14. The van der Waals surface area contributed by atoms with E-state index in [9.17, 15) is 9.90 Å². The van der Waals surface area contributed by atoms with Gasteiger partial charge in [0, 0.05) is 5.92 Å². The molecule has 0 radical (unpaired) electrons. The van der Waals surface area contributed by atoms with Crippen molar-refractivity contribution in [1.29, 1.82) is 0 Å². The smallest absolute Gasteiger partial charge is 0.167 e. The lowest BCUT2D eigenvalue weighted by Gasteiger charge is -2.29. The van der Waals surface area contributed by atoms with Gasteiger partial charge in [-0.15, -0.1) is 6.58 Å². The first-order valence-corrected chi connectivity index (χ1v) is 5.95. The molecule has 0 aromatic rings. The van der Waals surface area contributed by atoms with Crippen LogP contribution in [0.3, 0.4) is 0 Å². The van der Waals surface area contributed by atoms with Crippen LogP contribution in [0, 0.1) is 5.92 Å². The second-order valence-corrected chi connectivity index (χ2v) is 4.80.